The molecule has 1 atom stereocenters. The number of carbonyl (C=O) groups excluding carboxylic acids is 1. The average molecular weight is 499 g/mol. The zero-order valence-electron chi connectivity index (χ0n) is 20.0. The van der Waals surface area contributed by atoms with Crippen LogP contribution < -0.4 is 21.3 Å². The van der Waals surface area contributed by atoms with Crippen LogP contribution >= 0.6 is 0 Å². The molecule has 1 unspecified atom stereocenters. The zero-order chi connectivity index (χ0) is 25.5. The third-order valence-electron chi connectivity index (χ3n) is 6.04. The van der Waals surface area contributed by atoms with Crippen LogP contribution in [0, 0.1) is 0 Å². The van der Waals surface area contributed by atoms with Gasteiger partial charge >= 0.3 is 6.18 Å². The Balaban J connectivity index is 1.38. The molecule has 7 nitrogen and oxygen atoms in total. The lowest BCUT2D eigenvalue weighted by Crippen LogP contribution is -2.29. The predicted octanol–water partition coefficient (Wildman–Crippen LogP) is 4.43. The van der Waals surface area contributed by atoms with Crippen LogP contribution in [0.2, 0.25) is 0 Å². The standard InChI is InChI=1S/C26H29F3N6O/c1-17(36)30-12-13-31-24-23(26(27,28)29)16-33-25(35-24)34-21-9-6-18(7-10-21)14-22-11-8-19-4-2-3-5-20(19)15-32-22/h2-7,9-10,16,22,32H,8,11-15H2,1H3,(H,30,36)(H2,31,33,34,35). The van der Waals surface area contributed by atoms with Crippen molar-refractivity contribution >= 4 is 23.4 Å². The third-order valence-corrected chi connectivity index (χ3v) is 6.04. The highest BCUT2D eigenvalue weighted by Crippen LogP contribution is 2.34. The molecule has 1 aliphatic heterocycles. The molecule has 0 saturated heterocycles. The molecular formula is C26H29F3N6O. The number of nitrogens with zero attached hydrogens (tertiary/aromatic N) is 2. The van der Waals surface area contributed by atoms with E-state index in [1.165, 1.54) is 18.1 Å². The van der Waals surface area contributed by atoms with E-state index in [-0.39, 0.29) is 30.8 Å². The van der Waals surface area contributed by atoms with Crippen molar-refractivity contribution in [2.75, 3.05) is 23.7 Å². The van der Waals surface area contributed by atoms with E-state index in [0.717, 1.165) is 37.6 Å². The summed E-state index contributed by atoms with van der Waals surface area (Å²) in [4.78, 5) is 18.8. The van der Waals surface area contributed by atoms with Crippen LogP contribution in [0.25, 0.3) is 0 Å². The molecule has 1 aliphatic rings. The summed E-state index contributed by atoms with van der Waals surface area (Å²) in [7, 11) is 0. The van der Waals surface area contributed by atoms with Crippen LogP contribution in [0.4, 0.5) is 30.6 Å². The van der Waals surface area contributed by atoms with Crippen molar-refractivity contribution in [2.45, 2.75) is 44.9 Å². The second-order valence-corrected chi connectivity index (χ2v) is 8.77. The molecular weight excluding hydrogens is 469 g/mol. The molecule has 4 N–H and O–H groups in total. The first-order valence-electron chi connectivity index (χ1n) is 11.9. The molecule has 4 rings (SSSR count). The zero-order valence-corrected chi connectivity index (χ0v) is 20.0. The highest BCUT2D eigenvalue weighted by molar-refractivity contribution is 5.72. The van der Waals surface area contributed by atoms with Crippen LogP contribution in [0.15, 0.2) is 54.7 Å². The van der Waals surface area contributed by atoms with Crippen LogP contribution in [0.1, 0.15) is 35.6 Å². The summed E-state index contributed by atoms with van der Waals surface area (Å²) in [6.07, 6.45) is -0.883. The number of rotatable bonds is 8. The van der Waals surface area contributed by atoms with Gasteiger partial charge in [0.25, 0.3) is 0 Å². The van der Waals surface area contributed by atoms with Crippen molar-refractivity contribution in [3.05, 3.63) is 77.0 Å². The van der Waals surface area contributed by atoms with Gasteiger partial charge in [-0.25, -0.2) is 4.98 Å². The maximum atomic E-state index is 13.4. The minimum Gasteiger partial charge on any atom is -0.368 e. The number of nitrogens with one attached hydrogen (secondary N) is 4. The lowest BCUT2D eigenvalue weighted by molar-refractivity contribution is -0.137. The minimum absolute atomic E-state index is 0.0426. The third kappa shape index (κ3) is 6.94. The molecule has 1 aromatic heterocycles. The van der Waals surface area contributed by atoms with E-state index in [9.17, 15) is 18.0 Å². The van der Waals surface area contributed by atoms with Crippen molar-refractivity contribution in [3.63, 3.8) is 0 Å². The Labute approximate surface area is 207 Å². The Kier molecular flexibility index (Phi) is 8.04. The smallest absolute Gasteiger partial charge is 0.368 e. The Morgan fingerprint density at radius 3 is 2.56 bits per heavy atom. The van der Waals surface area contributed by atoms with E-state index in [2.05, 4.69) is 55.5 Å². The molecule has 2 heterocycles. The van der Waals surface area contributed by atoms with Crippen LogP contribution in [0.5, 0.6) is 0 Å². The molecule has 0 radical (unpaired) electrons. The summed E-state index contributed by atoms with van der Waals surface area (Å²) >= 11 is 0. The van der Waals surface area contributed by atoms with Crippen molar-refractivity contribution in [1.82, 2.24) is 20.6 Å². The first kappa shape index (κ1) is 25.4. The minimum atomic E-state index is -4.61. The van der Waals surface area contributed by atoms with Gasteiger partial charge in [0.05, 0.1) is 0 Å². The number of fused-ring (bicyclic) bond motifs is 1. The highest BCUT2D eigenvalue weighted by atomic mass is 19.4. The largest absolute Gasteiger partial charge is 0.421 e. The average Bonchev–Trinajstić information content (AvgIpc) is 3.05. The fourth-order valence-corrected chi connectivity index (χ4v) is 4.18. The van der Waals surface area contributed by atoms with Gasteiger partial charge in [0.1, 0.15) is 11.4 Å². The van der Waals surface area contributed by atoms with E-state index < -0.39 is 11.7 Å². The Morgan fingerprint density at radius 1 is 1.08 bits per heavy atom. The number of hydrogen-bond donors (Lipinski definition) is 4. The van der Waals surface area contributed by atoms with E-state index in [1.807, 2.05) is 24.3 Å². The molecule has 0 bridgehead atoms. The number of aromatic nitrogens is 2. The van der Waals surface area contributed by atoms with Gasteiger partial charge in [0.15, 0.2) is 0 Å². The van der Waals surface area contributed by atoms with Crippen LogP contribution in [-0.4, -0.2) is 35.0 Å². The monoisotopic (exact) mass is 498 g/mol. The SMILES string of the molecule is CC(=O)NCCNc1nc(Nc2ccc(CC3CCc4ccccc4CN3)cc2)ncc1C(F)(F)F. The molecule has 0 saturated carbocycles. The second-order valence-electron chi connectivity index (χ2n) is 8.77. The first-order valence-corrected chi connectivity index (χ1v) is 11.9. The summed E-state index contributed by atoms with van der Waals surface area (Å²) in [5, 5.41) is 11.8. The fourth-order valence-electron chi connectivity index (χ4n) is 4.18. The van der Waals surface area contributed by atoms with Gasteiger partial charge in [-0.05, 0) is 48.1 Å². The number of benzene rings is 2. The summed E-state index contributed by atoms with van der Waals surface area (Å²) in [6, 6.07) is 16.6. The van der Waals surface area contributed by atoms with Gasteiger partial charge in [-0.2, -0.15) is 18.2 Å². The molecule has 190 valence electrons. The van der Waals surface area contributed by atoms with Crippen molar-refractivity contribution in [1.29, 1.82) is 0 Å². The van der Waals surface area contributed by atoms with Gasteiger partial charge < -0.3 is 21.3 Å². The highest BCUT2D eigenvalue weighted by Gasteiger charge is 2.35. The summed E-state index contributed by atoms with van der Waals surface area (Å²) < 4.78 is 40.1. The van der Waals surface area contributed by atoms with Gasteiger partial charge in [-0.15, -0.1) is 0 Å². The molecule has 10 heteroatoms. The van der Waals surface area contributed by atoms with E-state index in [0.29, 0.717) is 11.7 Å². The quantitative estimate of drug-likeness (QED) is 0.344. The first-order chi connectivity index (χ1) is 17.3. The van der Waals surface area contributed by atoms with Gasteiger partial charge in [-0.1, -0.05) is 36.4 Å². The number of carbonyl (C=O) groups is 1. The molecule has 0 aliphatic carbocycles. The summed E-state index contributed by atoms with van der Waals surface area (Å²) in [6.45, 7) is 2.45. The van der Waals surface area contributed by atoms with E-state index >= 15 is 0 Å². The molecule has 0 fully saturated rings. The van der Waals surface area contributed by atoms with E-state index in [1.54, 1.807) is 0 Å². The topological polar surface area (TPSA) is 91.0 Å². The fraction of sp³-hybridized carbons (Fsp3) is 0.346. The van der Waals surface area contributed by atoms with Crippen molar-refractivity contribution in [3.8, 4) is 0 Å². The normalized spacial score (nSPS) is 15.5. The lowest BCUT2D eigenvalue weighted by Gasteiger charge is -2.16. The van der Waals surface area contributed by atoms with E-state index in [4.69, 9.17) is 0 Å². The summed E-state index contributed by atoms with van der Waals surface area (Å²) in [5.74, 6) is -0.565. The maximum Gasteiger partial charge on any atom is 0.421 e. The summed E-state index contributed by atoms with van der Waals surface area (Å²) in [5.41, 5.74) is 3.61. The Hall–Kier alpha value is -3.66. The number of halogens is 3. The van der Waals surface area contributed by atoms with Gasteiger partial charge in [-0.3, -0.25) is 4.79 Å². The van der Waals surface area contributed by atoms with Gasteiger partial charge in [0, 0.05) is 44.5 Å². The van der Waals surface area contributed by atoms with Crippen LogP contribution in [0.3, 0.4) is 0 Å². The molecule has 0 spiro atoms. The van der Waals surface area contributed by atoms with Crippen molar-refractivity contribution < 1.29 is 18.0 Å². The number of hydrogen-bond acceptors (Lipinski definition) is 6. The van der Waals surface area contributed by atoms with Crippen LogP contribution in [-0.2, 0) is 30.4 Å². The molecule has 1 amide bonds. The Bertz CT molecular complexity index is 1160. The van der Waals surface area contributed by atoms with Crippen molar-refractivity contribution in [2.24, 2.45) is 0 Å². The number of aryl methyl sites for hydroxylation is 1. The number of alkyl halides is 3. The molecule has 3 aromatic rings. The number of amides is 1. The second kappa shape index (κ2) is 11.4. The predicted molar refractivity (Wildman–Crippen MR) is 133 cm³/mol. The Morgan fingerprint density at radius 2 is 1.83 bits per heavy atom. The number of anilines is 3. The molecule has 2 aromatic carbocycles. The molecule has 36 heavy (non-hydrogen) atoms. The lowest BCUT2D eigenvalue weighted by atomic mass is 9.99. The van der Waals surface area contributed by atoms with Gasteiger partial charge in [0.2, 0.25) is 11.9 Å². The maximum absolute atomic E-state index is 13.4.